The first-order chi connectivity index (χ1) is 8.78. The van der Waals surface area contributed by atoms with Crippen molar-refractivity contribution in [3.05, 3.63) is 35.6 Å². The summed E-state index contributed by atoms with van der Waals surface area (Å²) >= 11 is 0. The monoisotopic (exact) mass is 247 g/mol. The van der Waals surface area contributed by atoms with Gasteiger partial charge in [-0.1, -0.05) is 19.1 Å². The molecule has 2 aliphatic rings. The standard InChI is InChI=1S/C16H22FN/c1-2-15(11-7-9-14(17)10-8-11)18-16(12-3-4-12)13-5-6-13/h7-10,12-13,15-16,18H,2-6H2,1H3. The number of hydrogen-bond donors (Lipinski definition) is 1. The molecule has 2 aliphatic carbocycles. The molecule has 2 saturated carbocycles. The molecule has 0 spiro atoms. The molecule has 2 heteroatoms. The largest absolute Gasteiger partial charge is 0.307 e. The van der Waals surface area contributed by atoms with Crippen LogP contribution in [0.2, 0.25) is 0 Å². The molecule has 1 unspecified atom stereocenters. The second-order valence-corrected chi connectivity index (χ2v) is 5.88. The van der Waals surface area contributed by atoms with Gasteiger partial charge < -0.3 is 5.32 Å². The van der Waals surface area contributed by atoms with Crippen LogP contribution in [0.5, 0.6) is 0 Å². The lowest BCUT2D eigenvalue weighted by Gasteiger charge is -2.25. The van der Waals surface area contributed by atoms with Crippen molar-refractivity contribution in [3.8, 4) is 0 Å². The Labute approximate surface area is 109 Å². The normalized spacial score (nSPS) is 21.3. The molecule has 0 saturated heterocycles. The quantitative estimate of drug-likeness (QED) is 0.799. The molecule has 0 aromatic heterocycles. The lowest BCUT2D eigenvalue weighted by Crippen LogP contribution is -2.36. The number of halogens is 1. The third-order valence-corrected chi connectivity index (χ3v) is 4.33. The molecule has 1 nitrogen and oxygen atoms in total. The van der Waals surface area contributed by atoms with Gasteiger partial charge in [0, 0.05) is 12.1 Å². The van der Waals surface area contributed by atoms with Crippen LogP contribution in [0, 0.1) is 17.7 Å². The van der Waals surface area contributed by atoms with Crippen molar-refractivity contribution in [1.82, 2.24) is 5.32 Å². The minimum absolute atomic E-state index is 0.144. The average Bonchev–Trinajstić information content (AvgIpc) is 3.26. The van der Waals surface area contributed by atoms with E-state index in [1.807, 2.05) is 12.1 Å². The van der Waals surface area contributed by atoms with E-state index in [-0.39, 0.29) is 5.82 Å². The van der Waals surface area contributed by atoms with E-state index < -0.39 is 0 Å². The van der Waals surface area contributed by atoms with Gasteiger partial charge in [0.15, 0.2) is 0 Å². The molecular formula is C16H22FN. The van der Waals surface area contributed by atoms with Crippen molar-refractivity contribution < 1.29 is 4.39 Å². The van der Waals surface area contributed by atoms with Crippen LogP contribution in [0.4, 0.5) is 4.39 Å². The van der Waals surface area contributed by atoms with Crippen LogP contribution in [0.1, 0.15) is 50.6 Å². The number of benzene rings is 1. The zero-order valence-corrected chi connectivity index (χ0v) is 11.0. The molecule has 18 heavy (non-hydrogen) atoms. The van der Waals surface area contributed by atoms with E-state index in [1.54, 1.807) is 12.1 Å². The number of hydrogen-bond acceptors (Lipinski definition) is 1. The fourth-order valence-electron chi connectivity index (χ4n) is 2.94. The Hall–Kier alpha value is -0.890. The van der Waals surface area contributed by atoms with Crippen LogP contribution in [-0.4, -0.2) is 6.04 Å². The lowest BCUT2D eigenvalue weighted by molar-refractivity contribution is 0.359. The fourth-order valence-corrected chi connectivity index (χ4v) is 2.94. The lowest BCUT2D eigenvalue weighted by atomic mass is 10.00. The average molecular weight is 247 g/mol. The number of rotatable bonds is 6. The zero-order chi connectivity index (χ0) is 12.5. The summed E-state index contributed by atoms with van der Waals surface area (Å²) in [6, 6.07) is 8.09. The minimum atomic E-state index is -0.144. The van der Waals surface area contributed by atoms with Gasteiger partial charge in [-0.2, -0.15) is 0 Å². The molecule has 0 radical (unpaired) electrons. The zero-order valence-electron chi connectivity index (χ0n) is 11.0. The molecule has 0 heterocycles. The van der Waals surface area contributed by atoms with E-state index >= 15 is 0 Å². The smallest absolute Gasteiger partial charge is 0.123 e. The van der Waals surface area contributed by atoms with Crippen LogP contribution >= 0.6 is 0 Å². The third-order valence-electron chi connectivity index (χ3n) is 4.33. The van der Waals surface area contributed by atoms with Crippen molar-refractivity contribution in [3.63, 3.8) is 0 Å². The van der Waals surface area contributed by atoms with E-state index in [1.165, 1.54) is 31.2 Å². The topological polar surface area (TPSA) is 12.0 Å². The van der Waals surface area contributed by atoms with E-state index in [2.05, 4.69) is 12.2 Å². The Morgan fingerprint density at radius 2 is 1.67 bits per heavy atom. The molecule has 0 bridgehead atoms. The summed E-state index contributed by atoms with van der Waals surface area (Å²) in [5, 5.41) is 3.84. The third kappa shape index (κ3) is 2.74. The van der Waals surface area contributed by atoms with Gasteiger partial charge in [0.05, 0.1) is 0 Å². The van der Waals surface area contributed by atoms with E-state index in [9.17, 15) is 4.39 Å². The first-order valence-corrected chi connectivity index (χ1v) is 7.29. The summed E-state index contributed by atoms with van der Waals surface area (Å²) < 4.78 is 13.0. The first kappa shape index (κ1) is 12.2. The van der Waals surface area contributed by atoms with Crippen molar-refractivity contribution in [2.45, 2.75) is 51.1 Å². The van der Waals surface area contributed by atoms with Crippen molar-refractivity contribution in [2.24, 2.45) is 11.8 Å². The molecule has 2 fully saturated rings. The Balaban J connectivity index is 1.69. The summed E-state index contributed by atoms with van der Waals surface area (Å²) in [5.41, 5.74) is 1.23. The van der Waals surface area contributed by atoms with Gasteiger partial charge in [0.25, 0.3) is 0 Å². The Bertz CT molecular complexity index is 380. The van der Waals surface area contributed by atoms with Gasteiger partial charge >= 0.3 is 0 Å². The van der Waals surface area contributed by atoms with E-state index in [4.69, 9.17) is 0 Å². The summed E-state index contributed by atoms with van der Waals surface area (Å²) in [7, 11) is 0. The second kappa shape index (κ2) is 5.00. The van der Waals surface area contributed by atoms with Crippen LogP contribution in [0.3, 0.4) is 0 Å². The van der Waals surface area contributed by atoms with Gasteiger partial charge in [0.1, 0.15) is 5.82 Å². The van der Waals surface area contributed by atoms with Gasteiger partial charge in [-0.3, -0.25) is 0 Å². The minimum Gasteiger partial charge on any atom is -0.307 e. The molecule has 1 N–H and O–H groups in total. The highest BCUT2D eigenvalue weighted by atomic mass is 19.1. The highest BCUT2D eigenvalue weighted by Crippen LogP contribution is 2.45. The predicted octanol–water partition coefficient (Wildman–Crippen LogP) is 4.06. The van der Waals surface area contributed by atoms with Crippen LogP contribution in [0.25, 0.3) is 0 Å². The SMILES string of the molecule is CCC(NC(C1CC1)C1CC1)c1ccc(F)cc1. The summed E-state index contributed by atoms with van der Waals surface area (Å²) in [6.45, 7) is 2.21. The molecule has 0 aliphatic heterocycles. The number of nitrogens with one attached hydrogen (secondary N) is 1. The maximum atomic E-state index is 13.0. The predicted molar refractivity (Wildman–Crippen MR) is 71.8 cm³/mol. The van der Waals surface area contributed by atoms with Gasteiger partial charge in [0.2, 0.25) is 0 Å². The molecule has 1 aromatic rings. The van der Waals surface area contributed by atoms with E-state index in [0.29, 0.717) is 12.1 Å². The van der Waals surface area contributed by atoms with Crippen molar-refractivity contribution >= 4 is 0 Å². The van der Waals surface area contributed by atoms with Gasteiger partial charge in [-0.25, -0.2) is 4.39 Å². The maximum Gasteiger partial charge on any atom is 0.123 e. The fraction of sp³-hybridized carbons (Fsp3) is 0.625. The maximum absolute atomic E-state index is 13.0. The molecular weight excluding hydrogens is 225 g/mol. The molecule has 1 aromatic carbocycles. The highest BCUT2D eigenvalue weighted by molar-refractivity contribution is 5.20. The summed E-state index contributed by atoms with van der Waals surface area (Å²) in [6.07, 6.45) is 6.66. The van der Waals surface area contributed by atoms with Gasteiger partial charge in [-0.05, 0) is 61.6 Å². The van der Waals surface area contributed by atoms with Crippen LogP contribution in [-0.2, 0) is 0 Å². The van der Waals surface area contributed by atoms with Crippen LogP contribution in [0.15, 0.2) is 24.3 Å². The van der Waals surface area contributed by atoms with Gasteiger partial charge in [-0.15, -0.1) is 0 Å². The van der Waals surface area contributed by atoms with E-state index in [0.717, 1.165) is 18.3 Å². The van der Waals surface area contributed by atoms with Crippen molar-refractivity contribution in [2.75, 3.05) is 0 Å². The highest BCUT2D eigenvalue weighted by Gasteiger charge is 2.41. The summed E-state index contributed by atoms with van der Waals surface area (Å²) in [4.78, 5) is 0. The summed E-state index contributed by atoms with van der Waals surface area (Å²) in [5.74, 6) is 1.67. The Kier molecular flexibility index (Phi) is 3.38. The van der Waals surface area contributed by atoms with Crippen LogP contribution < -0.4 is 5.32 Å². The molecule has 0 amide bonds. The Morgan fingerprint density at radius 3 is 2.11 bits per heavy atom. The Morgan fingerprint density at radius 1 is 1.11 bits per heavy atom. The molecule has 3 rings (SSSR count). The first-order valence-electron chi connectivity index (χ1n) is 7.29. The molecule has 98 valence electrons. The van der Waals surface area contributed by atoms with Crippen molar-refractivity contribution in [1.29, 1.82) is 0 Å². The second-order valence-electron chi connectivity index (χ2n) is 5.88. The molecule has 1 atom stereocenters.